The third kappa shape index (κ3) is 6.67. The molecule has 0 aliphatic carbocycles. The minimum absolute atomic E-state index is 0.232. The van der Waals surface area contributed by atoms with Gasteiger partial charge in [-0.2, -0.15) is 0 Å². The Balaban J connectivity index is 2.00. The van der Waals surface area contributed by atoms with E-state index in [0.29, 0.717) is 6.42 Å². The molecule has 3 nitrogen and oxygen atoms in total. The van der Waals surface area contributed by atoms with Crippen LogP contribution >= 0.6 is 7.28 Å². The second-order valence-corrected chi connectivity index (χ2v) is 11.6. The first kappa shape index (κ1) is 23.0. The number of unbranched alkanes of at least 4 members (excludes halogenated alkanes) is 5. The predicted molar refractivity (Wildman–Crippen MR) is 121 cm³/mol. The zero-order chi connectivity index (χ0) is 20.5. The molecule has 1 atom stereocenters. The van der Waals surface area contributed by atoms with Crippen LogP contribution in [0.15, 0.2) is 60.7 Å². The van der Waals surface area contributed by atoms with Crippen LogP contribution in [0.1, 0.15) is 76.4 Å². The van der Waals surface area contributed by atoms with Crippen molar-refractivity contribution < 1.29 is 14.7 Å². The first-order valence-electron chi connectivity index (χ1n) is 10.7. The molecule has 0 bridgehead atoms. The van der Waals surface area contributed by atoms with E-state index in [1.165, 1.54) is 25.7 Å². The Morgan fingerprint density at radius 2 is 1.11 bits per heavy atom. The molecule has 4 heteroatoms. The summed E-state index contributed by atoms with van der Waals surface area (Å²) in [5.74, 6) is 0.775. The summed E-state index contributed by atoms with van der Waals surface area (Å²) >= 11 is 0. The van der Waals surface area contributed by atoms with Gasteiger partial charge in [0.25, 0.3) is 0 Å². The number of hydrogen-bond donors (Lipinski definition) is 3. The molecule has 2 aromatic rings. The fraction of sp³-hybridized carbons (Fsp3) is 0.500. The molecule has 0 spiro atoms. The van der Waals surface area contributed by atoms with E-state index in [0.717, 1.165) is 30.7 Å². The van der Waals surface area contributed by atoms with Crippen molar-refractivity contribution >= 4 is 12.6 Å². The summed E-state index contributed by atoms with van der Waals surface area (Å²) in [5, 5.41) is 0.232. The van der Waals surface area contributed by atoms with Gasteiger partial charge in [-0.3, -0.25) is 0 Å². The van der Waals surface area contributed by atoms with Gasteiger partial charge >= 0.3 is 170 Å². The normalized spacial score (nSPS) is 14.6. The Labute approximate surface area is 170 Å². The van der Waals surface area contributed by atoms with Gasteiger partial charge in [0, 0.05) is 0 Å². The molecule has 0 aliphatic rings. The van der Waals surface area contributed by atoms with Crippen molar-refractivity contribution in [3.8, 4) is 0 Å². The Morgan fingerprint density at radius 3 is 1.64 bits per heavy atom. The first-order chi connectivity index (χ1) is 13.3. The van der Waals surface area contributed by atoms with E-state index in [9.17, 15) is 14.7 Å². The van der Waals surface area contributed by atoms with Crippen molar-refractivity contribution in [2.24, 2.45) is 5.92 Å². The van der Waals surface area contributed by atoms with Gasteiger partial charge in [0.05, 0.1) is 0 Å². The topological polar surface area (TPSA) is 60.7 Å². The van der Waals surface area contributed by atoms with Crippen molar-refractivity contribution in [3.05, 3.63) is 66.2 Å². The van der Waals surface area contributed by atoms with Crippen molar-refractivity contribution in [2.45, 2.75) is 70.9 Å². The van der Waals surface area contributed by atoms with Crippen molar-refractivity contribution in [2.75, 3.05) is 0 Å². The van der Waals surface area contributed by atoms with Crippen LogP contribution in [0.4, 0.5) is 0 Å². The molecule has 0 heterocycles. The third-order valence-corrected chi connectivity index (χ3v) is 8.51. The molecule has 1 unspecified atom stereocenters. The van der Waals surface area contributed by atoms with Crippen LogP contribution in [0.2, 0.25) is 0 Å². The van der Waals surface area contributed by atoms with Crippen LogP contribution < -0.4 is 5.30 Å². The summed E-state index contributed by atoms with van der Waals surface area (Å²) < 4.78 is 0. The van der Waals surface area contributed by atoms with Crippen molar-refractivity contribution in [1.82, 2.24) is 0 Å². The maximum absolute atomic E-state index is 11.1. The van der Waals surface area contributed by atoms with E-state index in [-0.39, 0.29) is 5.30 Å². The Morgan fingerprint density at radius 1 is 0.643 bits per heavy atom. The molecule has 2 aromatic carbocycles. The molecule has 0 aliphatic heterocycles. The van der Waals surface area contributed by atoms with E-state index in [1.807, 2.05) is 36.4 Å². The molecule has 3 N–H and O–H groups in total. The number of rotatable bonds is 12. The molecular weight excluding hydrogens is 367 g/mol. The van der Waals surface area contributed by atoms with Gasteiger partial charge in [-0.1, -0.05) is 0 Å². The summed E-state index contributed by atoms with van der Waals surface area (Å²) in [6.45, 7) is 4.53. The number of hydrogen-bond acceptors (Lipinski definition) is 3. The Hall–Kier alpha value is -1.25. The first-order valence-corrected chi connectivity index (χ1v) is 12.8. The van der Waals surface area contributed by atoms with Crippen LogP contribution in [0.3, 0.4) is 0 Å². The molecule has 156 valence electrons. The Kier molecular flexibility index (Phi) is 8.64. The molecule has 0 saturated carbocycles. The summed E-state index contributed by atoms with van der Waals surface area (Å²) in [4.78, 5) is 33.4. The summed E-state index contributed by atoms with van der Waals surface area (Å²) in [6.07, 6.45) is 8.71. The molecule has 28 heavy (non-hydrogen) atoms. The summed E-state index contributed by atoms with van der Waals surface area (Å²) in [6, 6.07) is 17.9. The zero-order valence-corrected chi connectivity index (χ0v) is 18.3. The zero-order valence-electron chi connectivity index (χ0n) is 17.4. The van der Waals surface area contributed by atoms with Crippen LogP contribution in [0, 0.1) is 5.92 Å². The van der Waals surface area contributed by atoms with Gasteiger partial charge in [0.1, 0.15) is 0 Å². The van der Waals surface area contributed by atoms with Crippen LogP contribution in [-0.2, 0) is 0 Å². The second-order valence-electron chi connectivity index (χ2n) is 8.40. The van der Waals surface area contributed by atoms with Crippen LogP contribution in [0.5, 0.6) is 0 Å². The molecular formula is C24H37O3P. The molecule has 2 rings (SSSR count). The molecule has 0 fully saturated rings. The van der Waals surface area contributed by atoms with Gasteiger partial charge in [-0.05, 0) is 0 Å². The quantitative estimate of drug-likeness (QED) is 0.296. The van der Waals surface area contributed by atoms with E-state index in [4.69, 9.17) is 0 Å². The van der Waals surface area contributed by atoms with Gasteiger partial charge < -0.3 is 0 Å². The molecule has 0 radical (unpaired) electrons. The van der Waals surface area contributed by atoms with Gasteiger partial charge in [-0.25, -0.2) is 0 Å². The fourth-order valence-electron chi connectivity index (χ4n) is 3.85. The van der Waals surface area contributed by atoms with Gasteiger partial charge in [0.2, 0.25) is 0 Å². The molecule has 0 amide bonds. The minimum atomic E-state index is -5.04. The second kappa shape index (κ2) is 10.5. The number of benzene rings is 2. The summed E-state index contributed by atoms with van der Waals surface area (Å²) in [5.41, 5.74) is 0.101. The average molecular weight is 405 g/mol. The van der Waals surface area contributed by atoms with E-state index < -0.39 is 12.9 Å². The van der Waals surface area contributed by atoms with Crippen molar-refractivity contribution in [1.29, 1.82) is 0 Å². The predicted octanol–water partition coefficient (Wildman–Crippen LogP) is 6.11. The third-order valence-electron chi connectivity index (χ3n) is 5.52. The van der Waals surface area contributed by atoms with Gasteiger partial charge in [0.15, 0.2) is 0 Å². The van der Waals surface area contributed by atoms with Crippen molar-refractivity contribution in [3.63, 3.8) is 0 Å². The van der Waals surface area contributed by atoms with Crippen LogP contribution in [-0.4, -0.2) is 14.7 Å². The van der Waals surface area contributed by atoms with E-state index in [2.05, 4.69) is 13.8 Å². The molecule has 0 aromatic heterocycles. The SMILES string of the molecule is CC(C)CCCCCCCCC(c1ccccc1)P(O)(O)(O)c1ccccc1. The monoisotopic (exact) mass is 404 g/mol. The van der Waals surface area contributed by atoms with Gasteiger partial charge in [-0.15, -0.1) is 0 Å². The van der Waals surface area contributed by atoms with E-state index >= 15 is 0 Å². The Bertz CT molecular complexity index is 677. The average Bonchev–Trinajstić information content (AvgIpc) is 2.67. The van der Waals surface area contributed by atoms with Crippen LogP contribution in [0.25, 0.3) is 0 Å². The molecule has 0 saturated heterocycles. The fourth-order valence-corrected chi connectivity index (χ4v) is 6.33. The maximum atomic E-state index is 11.1. The standard InChI is InChI=1S/C24H37O3P/c1-21(2)15-9-5-3-4-6-14-20-24(22-16-10-7-11-17-22)28(25,26,27)23-18-12-8-13-19-23/h7-8,10-13,16-19,21,24-27H,3-6,9,14-15,20H2,1-2H3. The summed E-state index contributed by atoms with van der Waals surface area (Å²) in [7, 11) is -5.04. The van der Waals surface area contributed by atoms with E-state index in [1.54, 1.807) is 24.3 Å².